The minimum absolute atomic E-state index is 0.101. The molecule has 1 aliphatic rings. The number of aromatic nitrogens is 2. The van der Waals surface area contributed by atoms with Gasteiger partial charge in [-0.1, -0.05) is 60.7 Å². The third-order valence-electron chi connectivity index (χ3n) is 6.86. The topological polar surface area (TPSA) is 78.2 Å². The van der Waals surface area contributed by atoms with Gasteiger partial charge in [0.15, 0.2) is 0 Å². The lowest BCUT2D eigenvalue weighted by Gasteiger charge is -2.37. The number of ether oxygens (including phenoxy) is 1. The molecule has 1 fully saturated rings. The number of nitrogens with two attached hydrogens (primary N) is 1. The Balaban J connectivity index is 1.57. The number of rotatable bonds is 9. The number of aryl methyl sites for hydroxylation is 1. The summed E-state index contributed by atoms with van der Waals surface area (Å²) in [6, 6.07) is 20.3. The molecular weight excluding hydrogens is 414 g/mol. The summed E-state index contributed by atoms with van der Waals surface area (Å²) in [6.45, 7) is 2.64. The summed E-state index contributed by atoms with van der Waals surface area (Å²) in [7, 11) is 0. The average molecular weight is 447 g/mol. The van der Waals surface area contributed by atoms with Gasteiger partial charge in [0.05, 0.1) is 13.2 Å². The summed E-state index contributed by atoms with van der Waals surface area (Å²) in [5.41, 5.74) is 7.27. The number of hydrogen-bond donors (Lipinski definition) is 1. The van der Waals surface area contributed by atoms with E-state index in [1.54, 1.807) is 0 Å². The lowest BCUT2D eigenvalue weighted by Crippen LogP contribution is -2.47. The molecule has 6 nitrogen and oxygen atoms in total. The predicted octanol–water partition coefficient (Wildman–Crippen LogP) is 3.54. The Kier molecular flexibility index (Phi) is 6.92. The summed E-state index contributed by atoms with van der Waals surface area (Å²) < 4.78 is 9.39. The molecule has 0 bridgehead atoms. The number of benzene rings is 2. The van der Waals surface area contributed by atoms with Crippen molar-refractivity contribution >= 4 is 11.9 Å². The highest BCUT2D eigenvalue weighted by Crippen LogP contribution is 2.49. The van der Waals surface area contributed by atoms with Crippen LogP contribution in [0.4, 0.5) is 0 Å². The molecule has 2 aromatic carbocycles. The van der Waals surface area contributed by atoms with Crippen molar-refractivity contribution in [2.24, 2.45) is 11.7 Å². The minimum Gasteiger partial charge on any atom is -0.466 e. The minimum atomic E-state index is -0.857. The summed E-state index contributed by atoms with van der Waals surface area (Å²) in [6.07, 6.45) is 9.80. The van der Waals surface area contributed by atoms with E-state index in [1.807, 2.05) is 60.7 Å². The fraction of sp³-hybridized carbons (Fsp3) is 0.370. The van der Waals surface area contributed by atoms with E-state index >= 15 is 0 Å². The first-order valence-electron chi connectivity index (χ1n) is 11.6. The van der Waals surface area contributed by atoms with Crippen LogP contribution in [0.3, 0.4) is 0 Å². The molecule has 33 heavy (non-hydrogen) atoms. The van der Waals surface area contributed by atoms with Crippen LogP contribution in [0.25, 0.3) is 0 Å². The monoisotopic (exact) mass is 446 g/mol. The molecule has 2 atom stereocenters. The molecule has 6 heteroatoms. The Morgan fingerprint density at radius 1 is 1.06 bits per heavy atom. The van der Waals surface area contributed by atoms with E-state index in [2.05, 4.69) is 27.9 Å². The third kappa shape index (κ3) is 4.70. The van der Waals surface area contributed by atoms with E-state index in [-0.39, 0.29) is 17.8 Å². The van der Waals surface area contributed by atoms with Crippen LogP contribution in [-0.4, -0.2) is 23.1 Å². The Morgan fingerprint density at radius 2 is 1.70 bits per heavy atom. The van der Waals surface area contributed by atoms with Gasteiger partial charge in [-0.2, -0.15) is 0 Å². The van der Waals surface area contributed by atoms with Gasteiger partial charge >= 0.3 is 5.97 Å². The van der Waals surface area contributed by atoms with Gasteiger partial charge in [-0.15, -0.1) is 0 Å². The largest absolute Gasteiger partial charge is 0.466 e. The third-order valence-corrected chi connectivity index (χ3v) is 6.86. The molecule has 172 valence electrons. The second-order valence-electron chi connectivity index (χ2n) is 8.86. The SMILES string of the molecule is CC(=O)OCCC[n+]1ccn([C@@H]2CC[C@@H](C(C(N)=O)(c3ccccc3)c3ccccc3)C2)c1. The van der Waals surface area contributed by atoms with Crippen molar-refractivity contribution in [1.82, 2.24) is 4.57 Å². The first-order chi connectivity index (χ1) is 16.0. The van der Waals surface area contributed by atoms with Crippen LogP contribution in [0.2, 0.25) is 0 Å². The molecule has 0 unspecified atom stereocenters. The Morgan fingerprint density at radius 3 is 2.27 bits per heavy atom. The first-order valence-corrected chi connectivity index (χ1v) is 11.6. The zero-order valence-corrected chi connectivity index (χ0v) is 19.1. The van der Waals surface area contributed by atoms with E-state index in [1.165, 1.54) is 6.92 Å². The Hall–Kier alpha value is -3.41. The standard InChI is InChI=1S/C27H31N3O3/c1-21(31)33-18-8-15-29-16-17-30(20-29)25-14-13-24(19-25)27(26(28)32,22-9-4-2-5-10-22)23-11-6-3-7-12-23/h2-7,9-12,16-17,20,24-25H,8,13-15,18-19H2,1H3,(H-,28,32)/p+1/t24-,25-/m1/s1. The molecule has 0 saturated heterocycles. The maximum atomic E-state index is 13.2. The molecule has 1 saturated carbocycles. The van der Waals surface area contributed by atoms with Gasteiger partial charge in [0.2, 0.25) is 12.2 Å². The first kappa shape index (κ1) is 22.8. The number of nitrogens with zero attached hydrogens (tertiary/aromatic N) is 2. The second kappa shape index (κ2) is 10.0. The lowest BCUT2D eigenvalue weighted by molar-refractivity contribution is -0.697. The molecule has 1 aliphatic carbocycles. The van der Waals surface area contributed by atoms with Gasteiger partial charge in [-0.05, 0) is 36.3 Å². The second-order valence-corrected chi connectivity index (χ2v) is 8.86. The van der Waals surface area contributed by atoms with Crippen LogP contribution in [0.1, 0.15) is 49.8 Å². The smallest absolute Gasteiger partial charge is 0.302 e. The van der Waals surface area contributed by atoms with Crippen molar-refractivity contribution in [2.75, 3.05) is 6.61 Å². The number of amides is 1. The number of primary amides is 1. The maximum Gasteiger partial charge on any atom is 0.302 e. The van der Waals surface area contributed by atoms with Crippen molar-refractivity contribution in [1.29, 1.82) is 0 Å². The number of hydrogen-bond acceptors (Lipinski definition) is 3. The Bertz CT molecular complexity index is 1040. The molecule has 3 aromatic rings. The van der Waals surface area contributed by atoms with Crippen LogP contribution >= 0.6 is 0 Å². The molecule has 0 radical (unpaired) electrons. The van der Waals surface area contributed by atoms with Gasteiger partial charge < -0.3 is 10.5 Å². The van der Waals surface area contributed by atoms with Crippen molar-refractivity contribution < 1.29 is 18.9 Å². The molecule has 1 aromatic heterocycles. The molecule has 2 N–H and O–H groups in total. The quantitative estimate of drug-likeness (QED) is 0.310. The normalized spacial score (nSPS) is 18.2. The fourth-order valence-electron chi connectivity index (χ4n) is 5.37. The highest BCUT2D eigenvalue weighted by Gasteiger charge is 2.50. The average Bonchev–Trinajstić information content (AvgIpc) is 3.49. The number of carbonyl (C=O) groups excluding carboxylic acids is 2. The van der Waals surface area contributed by atoms with E-state index in [9.17, 15) is 9.59 Å². The summed E-state index contributed by atoms with van der Waals surface area (Å²) in [5, 5.41) is 0. The predicted molar refractivity (Wildman–Crippen MR) is 125 cm³/mol. The van der Waals surface area contributed by atoms with Crippen LogP contribution in [0.15, 0.2) is 79.4 Å². The maximum absolute atomic E-state index is 13.2. The van der Waals surface area contributed by atoms with Gasteiger partial charge in [-0.3, -0.25) is 9.59 Å². The van der Waals surface area contributed by atoms with E-state index < -0.39 is 5.41 Å². The van der Waals surface area contributed by atoms with E-state index in [4.69, 9.17) is 10.5 Å². The molecule has 1 heterocycles. The van der Waals surface area contributed by atoms with Crippen LogP contribution < -0.4 is 10.3 Å². The summed E-state index contributed by atoms with van der Waals surface area (Å²) >= 11 is 0. The van der Waals surface area contributed by atoms with Crippen LogP contribution in [0.5, 0.6) is 0 Å². The molecular formula is C27H32N3O3+. The van der Waals surface area contributed by atoms with Crippen molar-refractivity contribution in [3.05, 3.63) is 90.5 Å². The summed E-state index contributed by atoms with van der Waals surface area (Å²) in [4.78, 5) is 24.2. The fourth-order valence-corrected chi connectivity index (χ4v) is 5.37. The van der Waals surface area contributed by atoms with Crippen molar-refractivity contribution in [3.8, 4) is 0 Å². The number of imidazole rings is 1. The molecule has 4 rings (SSSR count). The highest BCUT2D eigenvalue weighted by atomic mass is 16.5. The zero-order chi connectivity index (χ0) is 23.3. The van der Waals surface area contributed by atoms with Crippen molar-refractivity contribution in [2.45, 2.75) is 50.6 Å². The molecule has 1 amide bonds. The Labute approximate surface area is 195 Å². The van der Waals surface area contributed by atoms with Gasteiger partial charge in [-0.25, -0.2) is 9.13 Å². The van der Waals surface area contributed by atoms with Gasteiger partial charge in [0, 0.05) is 13.3 Å². The highest BCUT2D eigenvalue weighted by molar-refractivity contribution is 5.91. The summed E-state index contributed by atoms with van der Waals surface area (Å²) in [5.74, 6) is -0.437. The van der Waals surface area contributed by atoms with Crippen LogP contribution in [-0.2, 0) is 26.3 Å². The van der Waals surface area contributed by atoms with Crippen molar-refractivity contribution in [3.63, 3.8) is 0 Å². The van der Waals surface area contributed by atoms with E-state index in [0.29, 0.717) is 12.6 Å². The number of carbonyl (C=O) groups is 2. The van der Waals surface area contributed by atoms with Crippen LogP contribution in [0, 0.1) is 5.92 Å². The van der Waals surface area contributed by atoms with Gasteiger partial charge in [0.1, 0.15) is 23.9 Å². The number of esters is 1. The zero-order valence-electron chi connectivity index (χ0n) is 19.1. The lowest BCUT2D eigenvalue weighted by atomic mass is 9.64. The van der Waals surface area contributed by atoms with E-state index in [0.717, 1.165) is 43.4 Å². The molecule has 0 spiro atoms. The molecule has 0 aliphatic heterocycles. The van der Waals surface area contributed by atoms with Gasteiger partial charge in [0.25, 0.3) is 0 Å².